The summed E-state index contributed by atoms with van der Waals surface area (Å²) < 4.78 is 27.5. The van der Waals surface area contributed by atoms with Gasteiger partial charge in [-0.25, -0.2) is 8.78 Å². The monoisotopic (exact) mass is 549 g/mol. The van der Waals surface area contributed by atoms with E-state index in [0.29, 0.717) is 11.5 Å². The van der Waals surface area contributed by atoms with Crippen molar-refractivity contribution in [1.82, 2.24) is 20.4 Å². The molecule has 0 aromatic heterocycles. The Labute approximate surface area is 203 Å². The average Bonchev–Trinajstić information content (AvgIpc) is 2.74. The summed E-state index contributed by atoms with van der Waals surface area (Å²) in [5.74, 6) is -0.412. The van der Waals surface area contributed by atoms with Crippen LogP contribution in [-0.4, -0.2) is 67.6 Å². The molecule has 0 aliphatic carbocycles. The molecular formula is C23H38F2IN5. The maximum Gasteiger partial charge on any atom is 0.191 e. The quantitative estimate of drug-likeness (QED) is 0.318. The maximum atomic E-state index is 14.2. The molecule has 2 aliphatic heterocycles. The third-order valence-corrected chi connectivity index (χ3v) is 6.60. The van der Waals surface area contributed by atoms with Crippen molar-refractivity contribution >= 4 is 29.9 Å². The fourth-order valence-corrected chi connectivity index (χ4v) is 4.66. The minimum atomic E-state index is -0.560. The van der Waals surface area contributed by atoms with Gasteiger partial charge in [0, 0.05) is 23.7 Å². The minimum absolute atomic E-state index is 0. The number of aliphatic imine (C=N–C) groups is 1. The molecule has 2 aliphatic rings. The van der Waals surface area contributed by atoms with Crippen LogP contribution >= 0.6 is 24.0 Å². The van der Waals surface area contributed by atoms with Crippen molar-refractivity contribution in [3.63, 3.8) is 0 Å². The highest BCUT2D eigenvalue weighted by molar-refractivity contribution is 14.0. The lowest BCUT2D eigenvalue weighted by molar-refractivity contribution is 0.0208. The third-order valence-electron chi connectivity index (χ3n) is 6.60. The van der Waals surface area contributed by atoms with Crippen LogP contribution in [0.15, 0.2) is 23.2 Å². The number of guanidine groups is 1. The maximum absolute atomic E-state index is 14.2. The van der Waals surface area contributed by atoms with Gasteiger partial charge in [-0.3, -0.25) is 9.89 Å². The Balaban J connectivity index is 0.00000341. The number of hydrogen-bond acceptors (Lipinski definition) is 3. The van der Waals surface area contributed by atoms with Gasteiger partial charge in [0.2, 0.25) is 0 Å². The molecule has 2 heterocycles. The molecule has 176 valence electrons. The van der Waals surface area contributed by atoms with Crippen molar-refractivity contribution in [2.75, 3.05) is 46.3 Å². The predicted molar refractivity (Wildman–Crippen MR) is 134 cm³/mol. The summed E-state index contributed by atoms with van der Waals surface area (Å²) in [7, 11) is 2.19. The summed E-state index contributed by atoms with van der Waals surface area (Å²) in [5, 5.41) is 6.61. The Hall–Kier alpha value is -1.00. The van der Waals surface area contributed by atoms with Gasteiger partial charge in [-0.2, -0.15) is 0 Å². The third kappa shape index (κ3) is 6.99. The van der Waals surface area contributed by atoms with E-state index < -0.39 is 11.6 Å². The van der Waals surface area contributed by atoms with Gasteiger partial charge >= 0.3 is 0 Å². The highest BCUT2D eigenvalue weighted by atomic mass is 127. The Kier molecular flexibility index (Phi) is 10.4. The van der Waals surface area contributed by atoms with Gasteiger partial charge < -0.3 is 15.5 Å². The van der Waals surface area contributed by atoms with Crippen LogP contribution in [0.25, 0.3) is 0 Å². The molecule has 1 atom stereocenters. The molecule has 2 fully saturated rings. The zero-order valence-electron chi connectivity index (χ0n) is 19.1. The van der Waals surface area contributed by atoms with Crippen LogP contribution in [0.1, 0.15) is 57.6 Å². The van der Waals surface area contributed by atoms with Crippen molar-refractivity contribution < 1.29 is 8.78 Å². The van der Waals surface area contributed by atoms with Crippen LogP contribution in [-0.2, 0) is 0 Å². The topological polar surface area (TPSA) is 42.9 Å². The number of benzene rings is 1. The van der Waals surface area contributed by atoms with E-state index in [1.54, 1.807) is 0 Å². The summed E-state index contributed by atoms with van der Waals surface area (Å²) in [6.07, 6.45) is 6.09. The van der Waals surface area contributed by atoms with Gasteiger partial charge in [0.05, 0.1) is 12.6 Å². The first kappa shape index (κ1) is 26.3. The lowest BCUT2D eigenvalue weighted by Gasteiger charge is -2.49. The van der Waals surface area contributed by atoms with Crippen molar-refractivity contribution in [3.8, 4) is 0 Å². The zero-order valence-corrected chi connectivity index (χ0v) is 21.4. The predicted octanol–water partition coefficient (Wildman–Crippen LogP) is 4.15. The molecule has 5 nitrogen and oxygen atoms in total. The summed E-state index contributed by atoms with van der Waals surface area (Å²) >= 11 is 0. The van der Waals surface area contributed by atoms with Crippen LogP contribution in [0.3, 0.4) is 0 Å². The van der Waals surface area contributed by atoms with E-state index in [1.165, 1.54) is 31.4 Å². The van der Waals surface area contributed by atoms with E-state index >= 15 is 0 Å². The Morgan fingerprint density at radius 3 is 2.42 bits per heavy atom. The molecule has 1 unspecified atom stereocenters. The number of nitrogens with zero attached hydrogens (tertiary/aromatic N) is 3. The van der Waals surface area contributed by atoms with E-state index in [4.69, 9.17) is 4.99 Å². The fourth-order valence-electron chi connectivity index (χ4n) is 4.66. The summed E-state index contributed by atoms with van der Waals surface area (Å²) in [6, 6.07) is 3.41. The summed E-state index contributed by atoms with van der Waals surface area (Å²) in [6.45, 7) is 9.84. The number of rotatable bonds is 6. The summed E-state index contributed by atoms with van der Waals surface area (Å²) in [5.41, 5.74) is 0.534. The molecule has 0 amide bonds. The second-order valence-corrected chi connectivity index (χ2v) is 8.80. The second-order valence-electron chi connectivity index (χ2n) is 8.80. The van der Waals surface area contributed by atoms with Crippen molar-refractivity contribution in [1.29, 1.82) is 0 Å². The minimum Gasteiger partial charge on any atom is -0.357 e. The van der Waals surface area contributed by atoms with E-state index in [0.717, 1.165) is 58.2 Å². The first-order valence-electron chi connectivity index (χ1n) is 11.4. The Morgan fingerprint density at radius 2 is 1.81 bits per heavy atom. The molecule has 1 aromatic rings. The van der Waals surface area contributed by atoms with Gasteiger partial charge in [-0.15, -0.1) is 24.0 Å². The highest BCUT2D eigenvalue weighted by Crippen LogP contribution is 2.31. The first-order chi connectivity index (χ1) is 14.4. The molecule has 2 saturated heterocycles. The van der Waals surface area contributed by atoms with Crippen LogP contribution in [0.4, 0.5) is 8.78 Å². The van der Waals surface area contributed by atoms with Gasteiger partial charge in [-0.05, 0) is 78.8 Å². The molecule has 0 spiro atoms. The lowest BCUT2D eigenvalue weighted by atomic mass is 9.84. The molecule has 3 rings (SSSR count). The van der Waals surface area contributed by atoms with Gasteiger partial charge in [0.1, 0.15) is 11.6 Å². The van der Waals surface area contributed by atoms with Crippen LogP contribution < -0.4 is 10.6 Å². The van der Waals surface area contributed by atoms with Gasteiger partial charge in [-0.1, -0.05) is 12.5 Å². The molecule has 0 saturated carbocycles. The number of halogens is 3. The summed E-state index contributed by atoms with van der Waals surface area (Å²) in [4.78, 5) is 10.0. The van der Waals surface area contributed by atoms with E-state index in [9.17, 15) is 8.78 Å². The fraction of sp³-hybridized carbons (Fsp3) is 0.696. The molecule has 1 aromatic carbocycles. The largest absolute Gasteiger partial charge is 0.357 e. The van der Waals surface area contributed by atoms with E-state index in [2.05, 4.69) is 27.5 Å². The molecule has 0 radical (unpaired) electrons. The highest BCUT2D eigenvalue weighted by Gasteiger charge is 2.39. The number of piperidine rings is 2. The van der Waals surface area contributed by atoms with Crippen molar-refractivity contribution in [2.24, 2.45) is 4.99 Å². The van der Waals surface area contributed by atoms with Crippen molar-refractivity contribution in [3.05, 3.63) is 35.4 Å². The Morgan fingerprint density at radius 1 is 1.13 bits per heavy atom. The number of likely N-dealkylation sites (tertiary alicyclic amines) is 2. The van der Waals surface area contributed by atoms with Crippen LogP contribution in [0.5, 0.6) is 0 Å². The molecule has 8 heteroatoms. The Bertz CT molecular complexity index is 716. The average molecular weight is 549 g/mol. The molecule has 0 bridgehead atoms. The van der Waals surface area contributed by atoms with E-state index in [1.807, 2.05) is 13.8 Å². The van der Waals surface area contributed by atoms with Crippen LogP contribution in [0.2, 0.25) is 0 Å². The van der Waals surface area contributed by atoms with Gasteiger partial charge in [0.25, 0.3) is 0 Å². The van der Waals surface area contributed by atoms with Crippen molar-refractivity contribution in [2.45, 2.75) is 57.5 Å². The smallest absolute Gasteiger partial charge is 0.191 e. The molecule has 2 N–H and O–H groups in total. The number of nitrogens with one attached hydrogen (secondary N) is 2. The lowest BCUT2D eigenvalue weighted by Crippen LogP contribution is -2.58. The second kappa shape index (κ2) is 12.3. The molecule has 31 heavy (non-hydrogen) atoms. The SMILES string of the molecule is CCNC(=NCC1(N2CCCCC2)CCN(C)CC1)NC(C)c1ccc(F)cc1F.I. The van der Waals surface area contributed by atoms with Crippen LogP contribution in [0, 0.1) is 11.6 Å². The number of hydrogen-bond donors (Lipinski definition) is 2. The van der Waals surface area contributed by atoms with E-state index in [-0.39, 0.29) is 35.6 Å². The van der Waals surface area contributed by atoms with Gasteiger partial charge in [0.15, 0.2) is 5.96 Å². The first-order valence-corrected chi connectivity index (χ1v) is 11.4. The normalized spacial score (nSPS) is 21.3. The standard InChI is InChI=1S/C23H37F2N5.HI/c1-4-26-22(28-18(2)20-9-8-19(24)16-21(20)25)27-17-23(10-14-29(3)15-11-23)30-12-6-5-7-13-30;/h8-9,16,18H,4-7,10-15,17H2,1-3H3,(H2,26,27,28);1H. The molecular weight excluding hydrogens is 511 g/mol. The zero-order chi connectivity index (χ0) is 21.6.